The highest BCUT2D eigenvalue weighted by atomic mass is 19.4. The highest BCUT2D eigenvalue weighted by molar-refractivity contribution is 5.97. The minimum Gasteiger partial charge on any atom is -0.399 e. The van der Waals surface area contributed by atoms with Crippen LogP contribution in [0.2, 0.25) is 0 Å². The first-order valence-corrected chi connectivity index (χ1v) is 10.5. The van der Waals surface area contributed by atoms with Crippen LogP contribution in [0.5, 0.6) is 0 Å². The van der Waals surface area contributed by atoms with Gasteiger partial charge in [-0.05, 0) is 55.3 Å². The third-order valence-electron chi connectivity index (χ3n) is 5.46. The normalized spacial score (nSPS) is 18.3. The second-order valence-electron chi connectivity index (χ2n) is 7.92. The van der Waals surface area contributed by atoms with Gasteiger partial charge < -0.3 is 21.7 Å². The molecule has 0 bridgehead atoms. The van der Waals surface area contributed by atoms with E-state index in [0.29, 0.717) is 24.1 Å². The maximum absolute atomic E-state index is 12.8. The third kappa shape index (κ3) is 6.71. The Hall–Kier alpha value is -3.56. The predicted molar refractivity (Wildman–Crippen MR) is 116 cm³/mol. The van der Waals surface area contributed by atoms with Gasteiger partial charge in [0.05, 0.1) is 12.1 Å². The minimum atomic E-state index is -4.57. The number of benzene rings is 2. The number of nitrogens with one attached hydrogen (secondary N) is 3. The molecule has 0 saturated heterocycles. The van der Waals surface area contributed by atoms with E-state index in [1.807, 2.05) is 0 Å². The zero-order valence-corrected chi connectivity index (χ0v) is 17.7. The van der Waals surface area contributed by atoms with E-state index in [0.717, 1.165) is 31.0 Å². The zero-order chi connectivity index (χ0) is 24.0. The van der Waals surface area contributed by atoms with Gasteiger partial charge in [0.2, 0.25) is 5.91 Å². The number of hydrogen-bond acceptors (Lipinski definition) is 4. The van der Waals surface area contributed by atoms with E-state index in [-0.39, 0.29) is 23.6 Å². The van der Waals surface area contributed by atoms with Gasteiger partial charge in [-0.25, -0.2) is 0 Å². The number of nitrogens with two attached hydrogens (primary N) is 1. The first-order chi connectivity index (χ1) is 15.6. The molecule has 5 N–H and O–H groups in total. The van der Waals surface area contributed by atoms with Gasteiger partial charge in [0, 0.05) is 28.9 Å². The predicted octanol–water partition coefficient (Wildman–Crippen LogP) is 2.87. The fourth-order valence-corrected chi connectivity index (χ4v) is 3.72. The molecule has 1 fully saturated rings. The molecule has 0 radical (unpaired) electrons. The van der Waals surface area contributed by atoms with Crippen molar-refractivity contribution < 1.29 is 27.6 Å². The molecule has 3 rings (SSSR count). The van der Waals surface area contributed by atoms with Crippen molar-refractivity contribution in [1.29, 1.82) is 0 Å². The standard InChI is InChI=1S/C23H25F3N4O3/c24-23(25,26)16-5-3-4-15(12-16)21(32)28-13-20(31)29-18-6-1-2-7-19(18)30-22(33)14-8-10-17(27)11-9-14/h3-5,8-12,18-19H,1-2,6-7,13,27H2,(H,28,32)(H,29,31)(H,30,33). The Morgan fingerprint density at radius 2 is 1.52 bits per heavy atom. The average molecular weight is 462 g/mol. The van der Waals surface area contributed by atoms with Crippen LogP contribution in [0.15, 0.2) is 48.5 Å². The number of rotatable bonds is 6. The van der Waals surface area contributed by atoms with Gasteiger partial charge >= 0.3 is 6.18 Å². The molecular formula is C23H25F3N4O3. The van der Waals surface area contributed by atoms with E-state index in [9.17, 15) is 27.6 Å². The summed E-state index contributed by atoms with van der Waals surface area (Å²) in [7, 11) is 0. The molecule has 33 heavy (non-hydrogen) atoms. The molecule has 2 atom stereocenters. The Kier molecular flexibility index (Phi) is 7.57. The smallest absolute Gasteiger partial charge is 0.399 e. The molecule has 0 heterocycles. The number of alkyl halides is 3. The Morgan fingerprint density at radius 1 is 0.879 bits per heavy atom. The summed E-state index contributed by atoms with van der Waals surface area (Å²) >= 11 is 0. The lowest BCUT2D eigenvalue weighted by molar-refractivity contribution is -0.137. The molecule has 2 unspecified atom stereocenters. The number of anilines is 1. The molecule has 10 heteroatoms. The Labute approximate surface area is 188 Å². The second kappa shape index (κ2) is 10.4. The fourth-order valence-electron chi connectivity index (χ4n) is 3.72. The molecular weight excluding hydrogens is 437 g/mol. The topological polar surface area (TPSA) is 113 Å². The van der Waals surface area contributed by atoms with Crippen molar-refractivity contribution in [1.82, 2.24) is 16.0 Å². The van der Waals surface area contributed by atoms with Gasteiger partial charge in [0.1, 0.15) is 0 Å². The molecule has 1 aliphatic rings. The van der Waals surface area contributed by atoms with Crippen LogP contribution in [-0.4, -0.2) is 36.3 Å². The molecule has 1 saturated carbocycles. The number of hydrogen-bond donors (Lipinski definition) is 4. The van der Waals surface area contributed by atoms with Crippen molar-refractivity contribution in [2.75, 3.05) is 12.3 Å². The molecule has 7 nitrogen and oxygen atoms in total. The molecule has 0 aromatic heterocycles. The highest BCUT2D eigenvalue weighted by Gasteiger charge is 2.31. The Bertz CT molecular complexity index is 1010. The van der Waals surface area contributed by atoms with Crippen LogP contribution in [0, 0.1) is 0 Å². The van der Waals surface area contributed by atoms with Crippen molar-refractivity contribution in [2.24, 2.45) is 0 Å². The van der Waals surface area contributed by atoms with E-state index < -0.39 is 30.1 Å². The lowest BCUT2D eigenvalue weighted by atomic mass is 9.90. The lowest BCUT2D eigenvalue weighted by Gasteiger charge is -2.33. The fraction of sp³-hybridized carbons (Fsp3) is 0.348. The summed E-state index contributed by atoms with van der Waals surface area (Å²) < 4.78 is 38.5. The minimum absolute atomic E-state index is 0.191. The van der Waals surface area contributed by atoms with Crippen molar-refractivity contribution in [2.45, 2.75) is 43.9 Å². The molecule has 176 valence electrons. The molecule has 0 spiro atoms. The van der Waals surface area contributed by atoms with E-state index >= 15 is 0 Å². The van der Waals surface area contributed by atoms with Gasteiger partial charge in [-0.15, -0.1) is 0 Å². The van der Waals surface area contributed by atoms with Crippen LogP contribution in [0.25, 0.3) is 0 Å². The van der Waals surface area contributed by atoms with Crippen LogP contribution in [0.1, 0.15) is 52.0 Å². The van der Waals surface area contributed by atoms with Gasteiger partial charge in [0.25, 0.3) is 11.8 Å². The van der Waals surface area contributed by atoms with E-state index in [2.05, 4.69) is 16.0 Å². The monoisotopic (exact) mass is 462 g/mol. The quantitative estimate of drug-likeness (QED) is 0.495. The van der Waals surface area contributed by atoms with E-state index in [1.165, 1.54) is 6.07 Å². The van der Waals surface area contributed by atoms with Crippen LogP contribution in [-0.2, 0) is 11.0 Å². The summed E-state index contributed by atoms with van der Waals surface area (Å²) in [5, 5.41) is 8.08. The van der Waals surface area contributed by atoms with E-state index in [4.69, 9.17) is 5.73 Å². The van der Waals surface area contributed by atoms with Crippen LogP contribution < -0.4 is 21.7 Å². The largest absolute Gasteiger partial charge is 0.416 e. The second-order valence-corrected chi connectivity index (χ2v) is 7.92. The Morgan fingerprint density at radius 3 is 2.15 bits per heavy atom. The Balaban J connectivity index is 1.54. The lowest BCUT2D eigenvalue weighted by Crippen LogP contribution is -2.54. The number of carbonyl (C=O) groups excluding carboxylic acids is 3. The van der Waals surface area contributed by atoms with Gasteiger partial charge in [-0.2, -0.15) is 13.2 Å². The van der Waals surface area contributed by atoms with Gasteiger partial charge in [0.15, 0.2) is 0 Å². The maximum Gasteiger partial charge on any atom is 0.416 e. The summed E-state index contributed by atoms with van der Waals surface area (Å²) in [6, 6.07) is 9.85. The van der Waals surface area contributed by atoms with Crippen LogP contribution in [0.3, 0.4) is 0 Å². The molecule has 0 aliphatic heterocycles. The molecule has 3 amide bonds. The highest BCUT2D eigenvalue weighted by Crippen LogP contribution is 2.29. The number of nitrogen functional groups attached to an aromatic ring is 1. The average Bonchev–Trinajstić information content (AvgIpc) is 2.78. The summed E-state index contributed by atoms with van der Waals surface area (Å²) in [5.74, 6) is -1.55. The maximum atomic E-state index is 12.8. The molecule has 1 aliphatic carbocycles. The summed E-state index contributed by atoms with van der Waals surface area (Å²) in [5.41, 5.74) is 5.50. The number of carbonyl (C=O) groups is 3. The van der Waals surface area contributed by atoms with Gasteiger partial charge in [-0.1, -0.05) is 18.9 Å². The summed E-state index contributed by atoms with van der Waals surface area (Å²) in [4.78, 5) is 37.1. The van der Waals surface area contributed by atoms with Crippen molar-refractivity contribution in [3.63, 3.8) is 0 Å². The number of halogens is 3. The van der Waals surface area contributed by atoms with Crippen LogP contribution >= 0.6 is 0 Å². The third-order valence-corrected chi connectivity index (χ3v) is 5.46. The molecule has 2 aromatic rings. The van der Waals surface area contributed by atoms with E-state index in [1.54, 1.807) is 24.3 Å². The summed E-state index contributed by atoms with van der Waals surface area (Å²) in [6.07, 6.45) is -1.47. The summed E-state index contributed by atoms with van der Waals surface area (Å²) in [6.45, 7) is -0.399. The first-order valence-electron chi connectivity index (χ1n) is 10.5. The number of amides is 3. The SMILES string of the molecule is Nc1ccc(C(=O)NC2CCCCC2NC(=O)CNC(=O)c2cccc(C(F)(F)F)c2)cc1. The molecule has 2 aromatic carbocycles. The van der Waals surface area contributed by atoms with Crippen molar-refractivity contribution in [3.8, 4) is 0 Å². The zero-order valence-electron chi connectivity index (χ0n) is 17.7. The van der Waals surface area contributed by atoms with Crippen LogP contribution in [0.4, 0.5) is 18.9 Å². The first kappa shape index (κ1) is 24.1. The van der Waals surface area contributed by atoms with Crippen molar-refractivity contribution in [3.05, 3.63) is 65.2 Å². The van der Waals surface area contributed by atoms with Gasteiger partial charge in [-0.3, -0.25) is 14.4 Å². The van der Waals surface area contributed by atoms with Crippen molar-refractivity contribution >= 4 is 23.4 Å².